The molecule has 1 nitrogen and oxygen atoms in total. The molecule has 1 aromatic heterocycles. The number of hydrogen-bond acceptors (Lipinski definition) is 0. The van der Waals surface area contributed by atoms with Gasteiger partial charge in [-0.05, 0) is 29.3 Å². The Labute approximate surface area is 132 Å². The van der Waals surface area contributed by atoms with Crippen LogP contribution in [0.2, 0.25) is 0 Å². The van der Waals surface area contributed by atoms with E-state index >= 15 is 0 Å². The minimum Gasteiger partial charge on any atom is -0.192 e. The summed E-state index contributed by atoms with van der Waals surface area (Å²) >= 11 is 0. The molecule has 3 aromatic rings. The maximum atomic E-state index is 3.89. The number of aryl methyl sites for hydroxylation is 1. The van der Waals surface area contributed by atoms with Crippen molar-refractivity contribution in [2.75, 3.05) is 0 Å². The fraction of sp³-hybridized carbons (Fsp3) is 0.0952. The van der Waals surface area contributed by atoms with Gasteiger partial charge in [0.15, 0.2) is 12.2 Å². The molecule has 0 N–H and O–H groups in total. The highest BCUT2D eigenvalue weighted by Crippen LogP contribution is 2.24. The van der Waals surface area contributed by atoms with Crippen molar-refractivity contribution in [2.45, 2.75) is 13.5 Å². The van der Waals surface area contributed by atoms with Gasteiger partial charge in [-0.15, -0.1) is 0 Å². The van der Waals surface area contributed by atoms with E-state index in [0.29, 0.717) is 0 Å². The molecule has 0 saturated carbocycles. The number of aromatic nitrogens is 1. The van der Waals surface area contributed by atoms with E-state index in [0.717, 1.165) is 6.54 Å². The summed E-state index contributed by atoms with van der Waals surface area (Å²) < 4.78 is 2.30. The Balaban J connectivity index is 2.21. The molecule has 0 aliphatic carbocycles. The lowest BCUT2D eigenvalue weighted by atomic mass is 10.0. The summed E-state index contributed by atoms with van der Waals surface area (Å²) in [6.45, 7) is 6.86. The van der Waals surface area contributed by atoms with Gasteiger partial charge in [0.2, 0.25) is 5.69 Å². The minimum absolute atomic E-state index is 0.811. The van der Waals surface area contributed by atoms with Crippen LogP contribution in [-0.2, 0) is 6.54 Å². The van der Waals surface area contributed by atoms with Crippen LogP contribution < -0.4 is 4.57 Å². The summed E-state index contributed by atoms with van der Waals surface area (Å²) in [6.07, 6.45) is 1.95. The average Bonchev–Trinajstić information content (AvgIpc) is 2.58. The normalized spacial score (nSPS) is 10.4. The van der Waals surface area contributed by atoms with E-state index in [1.807, 2.05) is 6.08 Å². The molecule has 1 heteroatoms. The molecule has 0 amide bonds. The quantitative estimate of drug-likeness (QED) is 0.479. The fourth-order valence-corrected chi connectivity index (χ4v) is 2.78. The summed E-state index contributed by atoms with van der Waals surface area (Å²) in [5, 5.41) is 0. The number of rotatable bonds is 4. The first-order chi connectivity index (χ1) is 10.8. The van der Waals surface area contributed by atoms with Gasteiger partial charge in [0, 0.05) is 24.6 Å². The van der Waals surface area contributed by atoms with E-state index in [-0.39, 0.29) is 0 Å². The van der Waals surface area contributed by atoms with Crippen LogP contribution in [0.4, 0.5) is 0 Å². The van der Waals surface area contributed by atoms with Gasteiger partial charge in [-0.2, -0.15) is 4.57 Å². The van der Waals surface area contributed by atoms with E-state index in [1.165, 1.54) is 28.1 Å². The van der Waals surface area contributed by atoms with E-state index in [1.54, 1.807) is 0 Å². The summed E-state index contributed by atoms with van der Waals surface area (Å²) in [4.78, 5) is 0. The lowest BCUT2D eigenvalue weighted by molar-refractivity contribution is -0.682. The van der Waals surface area contributed by atoms with Crippen LogP contribution in [0.3, 0.4) is 0 Å². The third kappa shape index (κ3) is 2.84. The highest BCUT2D eigenvalue weighted by atomic mass is 15.0. The second-order valence-corrected chi connectivity index (χ2v) is 5.40. The van der Waals surface area contributed by atoms with Crippen LogP contribution in [0.25, 0.3) is 22.4 Å². The molecule has 1 heterocycles. The summed E-state index contributed by atoms with van der Waals surface area (Å²) in [5.41, 5.74) is 6.18. The van der Waals surface area contributed by atoms with Gasteiger partial charge in [0.05, 0.1) is 0 Å². The van der Waals surface area contributed by atoms with E-state index in [9.17, 15) is 0 Å². The second-order valence-electron chi connectivity index (χ2n) is 5.40. The van der Waals surface area contributed by atoms with Crippen molar-refractivity contribution in [1.82, 2.24) is 0 Å². The molecular weight excluding hydrogens is 266 g/mol. The monoisotopic (exact) mass is 286 g/mol. The van der Waals surface area contributed by atoms with E-state index < -0.39 is 0 Å². The number of pyridine rings is 1. The van der Waals surface area contributed by atoms with E-state index in [4.69, 9.17) is 0 Å². The molecule has 22 heavy (non-hydrogen) atoms. The standard InChI is InChI=1S/C21H20N/c1-3-14-22-17(2)15-20(18-10-6-4-7-11-18)16-21(22)19-12-8-5-9-13-19/h3-13,15-16H,1,14H2,2H3/q+1. The van der Waals surface area contributed by atoms with Gasteiger partial charge in [-0.3, -0.25) is 0 Å². The molecule has 2 aromatic carbocycles. The Bertz CT molecular complexity index is 774. The zero-order valence-corrected chi connectivity index (χ0v) is 12.9. The van der Waals surface area contributed by atoms with Crippen molar-refractivity contribution in [3.8, 4) is 22.4 Å². The van der Waals surface area contributed by atoms with Gasteiger partial charge in [0.1, 0.15) is 0 Å². The molecular formula is C21H20N+. The molecule has 0 radical (unpaired) electrons. The van der Waals surface area contributed by atoms with Crippen LogP contribution in [0.1, 0.15) is 5.69 Å². The molecule has 0 spiro atoms. The van der Waals surface area contributed by atoms with E-state index in [2.05, 4.69) is 90.9 Å². The van der Waals surface area contributed by atoms with Gasteiger partial charge < -0.3 is 0 Å². The smallest absolute Gasteiger partial charge is 0.192 e. The predicted molar refractivity (Wildman–Crippen MR) is 92.4 cm³/mol. The predicted octanol–water partition coefficient (Wildman–Crippen LogP) is 4.80. The SMILES string of the molecule is C=CC[n+]1c(C)cc(-c2ccccc2)cc1-c1ccccc1. The first kappa shape index (κ1) is 14.3. The summed E-state index contributed by atoms with van der Waals surface area (Å²) in [5.74, 6) is 0. The Hall–Kier alpha value is -2.67. The zero-order chi connectivity index (χ0) is 15.4. The topological polar surface area (TPSA) is 3.88 Å². The van der Waals surface area contributed by atoms with Gasteiger partial charge in [-0.25, -0.2) is 0 Å². The van der Waals surface area contributed by atoms with Crippen molar-refractivity contribution in [3.63, 3.8) is 0 Å². The van der Waals surface area contributed by atoms with Crippen molar-refractivity contribution < 1.29 is 4.57 Å². The van der Waals surface area contributed by atoms with Crippen LogP contribution in [-0.4, -0.2) is 0 Å². The molecule has 0 fully saturated rings. The maximum Gasteiger partial charge on any atom is 0.213 e. The third-order valence-electron chi connectivity index (χ3n) is 3.86. The Morgan fingerprint density at radius 1 is 0.818 bits per heavy atom. The van der Waals surface area contributed by atoms with Crippen LogP contribution in [0, 0.1) is 6.92 Å². The highest BCUT2D eigenvalue weighted by molar-refractivity contribution is 5.69. The summed E-state index contributed by atoms with van der Waals surface area (Å²) in [7, 11) is 0. The highest BCUT2D eigenvalue weighted by Gasteiger charge is 2.17. The molecule has 0 aliphatic rings. The van der Waals surface area contributed by atoms with Crippen molar-refractivity contribution in [2.24, 2.45) is 0 Å². The van der Waals surface area contributed by atoms with Crippen LogP contribution >= 0.6 is 0 Å². The summed E-state index contributed by atoms with van der Waals surface area (Å²) in [6, 6.07) is 25.6. The van der Waals surface area contributed by atoms with Crippen LogP contribution in [0.15, 0.2) is 85.5 Å². The molecule has 0 saturated heterocycles. The van der Waals surface area contributed by atoms with Gasteiger partial charge >= 0.3 is 0 Å². The maximum absolute atomic E-state index is 3.89. The average molecular weight is 286 g/mol. The van der Waals surface area contributed by atoms with Gasteiger partial charge in [-0.1, -0.05) is 55.1 Å². The number of benzene rings is 2. The third-order valence-corrected chi connectivity index (χ3v) is 3.86. The van der Waals surface area contributed by atoms with Crippen molar-refractivity contribution >= 4 is 0 Å². The fourth-order valence-electron chi connectivity index (χ4n) is 2.78. The number of allylic oxidation sites excluding steroid dienone is 1. The molecule has 0 aliphatic heterocycles. The van der Waals surface area contributed by atoms with Crippen molar-refractivity contribution in [1.29, 1.82) is 0 Å². The van der Waals surface area contributed by atoms with Crippen molar-refractivity contribution in [3.05, 3.63) is 91.1 Å². The first-order valence-corrected chi connectivity index (χ1v) is 7.56. The first-order valence-electron chi connectivity index (χ1n) is 7.56. The van der Waals surface area contributed by atoms with Gasteiger partial charge in [0.25, 0.3) is 0 Å². The molecule has 108 valence electrons. The lowest BCUT2D eigenvalue weighted by Gasteiger charge is -2.09. The minimum atomic E-state index is 0.811. The Morgan fingerprint density at radius 3 is 2.00 bits per heavy atom. The Kier molecular flexibility index (Phi) is 4.15. The number of nitrogens with zero attached hydrogens (tertiary/aromatic N) is 1. The molecule has 0 bridgehead atoms. The largest absolute Gasteiger partial charge is 0.213 e. The van der Waals surface area contributed by atoms with Crippen LogP contribution in [0.5, 0.6) is 0 Å². The Morgan fingerprint density at radius 2 is 1.41 bits per heavy atom. The number of hydrogen-bond donors (Lipinski definition) is 0. The lowest BCUT2D eigenvalue weighted by Crippen LogP contribution is -2.38. The zero-order valence-electron chi connectivity index (χ0n) is 12.9. The molecule has 3 rings (SSSR count). The molecule has 0 atom stereocenters. The molecule has 0 unspecified atom stereocenters. The second kappa shape index (κ2) is 6.40.